The minimum absolute atomic E-state index is 0.0191. The van der Waals surface area contributed by atoms with Crippen LogP contribution in [0, 0.1) is 5.92 Å². The van der Waals surface area contributed by atoms with Crippen molar-refractivity contribution in [2.45, 2.75) is 45.2 Å². The highest BCUT2D eigenvalue weighted by Gasteiger charge is 2.27. The van der Waals surface area contributed by atoms with Gasteiger partial charge in [0.15, 0.2) is 11.5 Å². The van der Waals surface area contributed by atoms with E-state index in [-0.39, 0.29) is 24.0 Å². The van der Waals surface area contributed by atoms with Gasteiger partial charge >= 0.3 is 6.03 Å². The summed E-state index contributed by atoms with van der Waals surface area (Å²) in [6.07, 6.45) is 3.03. The van der Waals surface area contributed by atoms with Crippen molar-refractivity contribution in [2.75, 3.05) is 14.2 Å². The minimum atomic E-state index is -0.162. The summed E-state index contributed by atoms with van der Waals surface area (Å²) >= 11 is 0. The quantitative estimate of drug-likeness (QED) is 0.508. The van der Waals surface area contributed by atoms with E-state index in [0.717, 1.165) is 36.0 Å². The number of hydrogen-bond acceptors (Lipinski definition) is 3. The van der Waals surface area contributed by atoms with Gasteiger partial charge in [-0.1, -0.05) is 38.1 Å². The minimum Gasteiger partial charge on any atom is -0.493 e. The van der Waals surface area contributed by atoms with E-state index in [2.05, 4.69) is 47.7 Å². The Labute approximate surface area is 183 Å². The number of benzene rings is 2. The predicted molar refractivity (Wildman–Crippen MR) is 123 cm³/mol. The smallest absolute Gasteiger partial charge is 0.315 e. The van der Waals surface area contributed by atoms with Gasteiger partial charge in [0.1, 0.15) is 0 Å². The fourth-order valence-corrected chi connectivity index (χ4v) is 4.58. The number of carbonyl (C=O) groups excluding carboxylic acids is 1. The molecule has 2 atom stereocenters. The molecule has 1 aliphatic rings. The molecular formula is C25H31N3O3. The molecule has 6 nitrogen and oxygen atoms in total. The molecule has 1 aliphatic carbocycles. The summed E-state index contributed by atoms with van der Waals surface area (Å²) in [5.41, 5.74) is 4.58. The van der Waals surface area contributed by atoms with Crippen molar-refractivity contribution >= 4 is 16.9 Å². The Morgan fingerprint density at radius 1 is 1.10 bits per heavy atom. The van der Waals surface area contributed by atoms with Crippen molar-refractivity contribution in [1.29, 1.82) is 0 Å². The van der Waals surface area contributed by atoms with Gasteiger partial charge in [-0.25, -0.2) is 4.79 Å². The first-order valence-corrected chi connectivity index (χ1v) is 10.9. The number of aryl methyl sites for hydroxylation is 1. The Morgan fingerprint density at radius 2 is 1.87 bits per heavy atom. The highest BCUT2D eigenvalue weighted by Crippen LogP contribution is 2.35. The lowest BCUT2D eigenvalue weighted by molar-refractivity contribution is 0.227. The third kappa shape index (κ3) is 4.20. The molecule has 0 spiro atoms. The highest BCUT2D eigenvalue weighted by molar-refractivity contribution is 5.85. The van der Waals surface area contributed by atoms with Crippen molar-refractivity contribution < 1.29 is 14.3 Å². The third-order valence-corrected chi connectivity index (χ3v) is 6.14. The molecule has 1 aromatic heterocycles. The van der Waals surface area contributed by atoms with Crippen LogP contribution in [-0.4, -0.2) is 25.2 Å². The summed E-state index contributed by atoms with van der Waals surface area (Å²) in [6.45, 7) is 4.19. The maximum Gasteiger partial charge on any atom is 0.315 e. The lowest BCUT2D eigenvalue weighted by atomic mass is 9.91. The lowest BCUT2D eigenvalue weighted by Gasteiger charge is -2.27. The van der Waals surface area contributed by atoms with E-state index in [1.165, 1.54) is 10.9 Å². The molecule has 31 heavy (non-hydrogen) atoms. The van der Waals surface area contributed by atoms with Gasteiger partial charge in [-0.05, 0) is 54.5 Å². The zero-order valence-electron chi connectivity index (χ0n) is 18.6. The number of H-pyrrole nitrogens is 1. The first kappa shape index (κ1) is 21.1. The predicted octanol–water partition coefficient (Wildman–Crippen LogP) is 5.26. The normalized spacial score (nSPS) is 16.6. The van der Waals surface area contributed by atoms with Gasteiger partial charge in [0.05, 0.1) is 26.3 Å². The lowest BCUT2D eigenvalue weighted by Crippen LogP contribution is -2.42. The zero-order chi connectivity index (χ0) is 22.0. The fraction of sp³-hybridized carbons (Fsp3) is 0.400. The Bertz CT molecular complexity index is 1070. The molecule has 0 fully saturated rings. The number of methoxy groups -OCH3 is 2. The van der Waals surface area contributed by atoms with E-state index in [1.54, 1.807) is 14.2 Å². The van der Waals surface area contributed by atoms with E-state index < -0.39 is 0 Å². The first-order valence-electron chi connectivity index (χ1n) is 10.9. The molecular weight excluding hydrogens is 390 g/mol. The summed E-state index contributed by atoms with van der Waals surface area (Å²) in [7, 11) is 3.23. The van der Waals surface area contributed by atoms with Crippen molar-refractivity contribution in [3.05, 3.63) is 59.3 Å². The number of fused-ring (bicyclic) bond motifs is 3. The molecule has 2 aromatic carbocycles. The topological polar surface area (TPSA) is 75.4 Å². The molecule has 0 radical (unpaired) electrons. The van der Waals surface area contributed by atoms with Crippen LogP contribution in [0.4, 0.5) is 4.79 Å². The van der Waals surface area contributed by atoms with Gasteiger partial charge in [0.2, 0.25) is 0 Å². The van der Waals surface area contributed by atoms with Gasteiger partial charge in [0.25, 0.3) is 0 Å². The second-order valence-corrected chi connectivity index (χ2v) is 8.46. The van der Waals surface area contributed by atoms with Crippen LogP contribution in [0.1, 0.15) is 55.6 Å². The van der Waals surface area contributed by atoms with Gasteiger partial charge in [0, 0.05) is 16.6 Å². The number of ether oxygens (including phenoxy) is 2. The summed E-state index contributed by atoms with van der Waals surface area (Å²) < 4.78 is 10.8. The van der Waals surface area contributed by atoms with E-state index in [1.807, 2.05) is 24.3 Å². The molecule has 2 unspecified atom stereocenters. The van der Waals surface area contributed by atoms with E-state index >= 15 is 0 Å². The Kier molecular flexibility index (Phi) is 6.07. The highest BCUT2D eigenvalue weighted by atomic mass is 16.5. The maximum absolute atomic E-state index is 13.0. The Hall–Kier alpha value is -3.15. The molecule has 1 heterocycles. The van der Waals surface area contributed by atoms with E-state index in [9.17, 15) is 4.79 Å². The van der Waals surface area contributed by atoms with E-state index in [0.29, 0.717) is 11.5 Å². The number of para-hydroxylation sites is 1. The molecule has 3 N–H and O–H groups in total. The molecule has 2 amide bonds. The number of rotatable bonds is 6. The zero-order valence-corrected chi connectivity index (χ0v) is 18.6. The number of amides is 2. The molecule has 0 saturated heterocycles. The Balaban J connectivity index is 1.52. The first-order chi connectivity index (χ1) is 15.0. The van der Waals surface area contributed by atoms with Crippen molar-refractivity contribution in [1.82, 2.24) is 15.6 Å². The number of nitrogens with one attached hydrogen (secondary N) is 3. The van der Waals surface area contributed by atoms with E-state index in [4.69, 9.17) is 9.47 Å². The maximum atomic E-state index is 13.0. The van der Waals surface area contributed by atoms with Gasteiger partial charge in [-0.15, -0.1) is 0 Å². The SMILES string of the molecule is COc1ccc(C(NC(=O)NC2CCCc3c2[nH]c2ccccc32)C(C)C)cc1OC. The van der Waals surface area contributed by atoms with Crippen LogP contribution in [0.3, 0.4) is 0 Å². The molecule has 0 saturated carbocycles. The molecule has 0 aliphatic heterocycles. The summed E-state index contributed by atoms with van der Waals surface area (Å²) in [6, 6.07) is 13.8. The summed E-state index contributed by atoms with van der Waals surface area (Å²) in [4.78, 5) is 16.5. The standard InChI is InChI=1S/C25H31N3O3/c1-15(2)23(16-12-13-21(30-3)22(14-16)31-4)28-25(29)27-20-11-7-9-18-17-8-5-6-10-19(17)26-24(18)20/h5-6,8,10,12-15,20,23,26H,7,9,11H2,1-4H3,(H2,27,28,29). The number of hydrogen-bond donors (Lipinski definition) is 3. The van der Waals surface area contributed by atoms with Crippen LogP contribution >= 0.6 is 0 Å². The van der Waals surface area contributed by atoms with Gasteiger partial charge in [-0.3, -0.25) is 0 Å². The number of urea groups is 1. The van der Waals surface area contributed by atoms with Crippen LogP contribution < -0.4 is 20.1 Å². The molecule has 3 aromatic rings. The largest absolute Gasteiger partial charge is 0.493 e. The van der Waals surface area contributed by atoms with Gasteiger partial charge in [-0.2, -0.15) is 0 Å². The fourth-order valence-electron chi connectivity index (χ4n) is 4.58. The van der Waals surface area contributed by atoms with Crippen LogP contribution in [-0.2, 0) is 6.42 Å². The van der Waals surface area contributed by atoms with Crippen molar-refractivity contribution in [3.63, 3.8) is 0 Å². The molecule has 6 heteroatoms. The summed E-state index contributed by atoms with van der Waals surface area (Å²) in [5, 5.41) is 7.64. The van der Waals surface area contributed by atoms with Crippen LogP contribution in [0.5, 0.6) is 11.5 Å². The van der Waals surface area contributed by atoms with Crippen LogP contribution in [0.25, 0.3) is 10.9 Å². The second-order valence-electron chi connectivity index (χ2n) is 8.46. The summed E-state index contributed by atoms with van der Waals surface area (Å²) in [5.74, 6) is 1.54. The van der Waals surface area contributed by atoms with Crippen molar-refractivity contribution in [3.8, 4) is 11.5 Å². The Morgan fingerprint density at radius 3 is 2.61 bits per heavy atom. The van der Waals surface area contributed by atoms with Crippen molar-refractivity contribution in [2.24, 2.45) is 5.92 Å². The molecule has 164 valence electrons. The number of aromatic amines is 1. The van der Waals surface area contributed by atoms with Crippen LogP contribution in [0.15, 0.2) is 42.5 Å². The number of carbonyl (C=O) groups is 1. The number of aromatic nitrogens is 1. The third-order valence-electron chi connectivity index (χ3n) is 6.14. The average molecular weight is 422 g/mol. The van der Waals surface area contributed by atoms with Crippen LogP contribution in [0.2, 0.25) is 0 Å². The molecule has 4 rings (SSSR count). The molecule has 0 bridgehead atoms. The second kappa shape index (κ2) is 8.92. The monoisotopic (exact) mass is 421 g/mol. The average Bonchev–Trinajstić information content (AvgIpc) is 3.16. The van der Waals surface area contributed by atoms with Gasteiger partial charge < -0.3 is 25.1 Å².